The summed E-state index contributed by atoms with van der Waals surface area (Å²) in [5.74, 6) is -0.895. The highest BCUT2D eigenvalue weighted by molar-refractivity contribution is 5.87. The van der Waals surface area contributed by atoms with Crippen LogP contribution in [0.1, 0.15) is 22.0 Å². The SMILES string of the molecule is CN1C=CC(c2ccc(C(=O)O)cc2)N1.COC. The number of aromatic carboxylic acids is 1. The van der Waals surface area contributed by atoms with Crippen molar-refractivity contribution in [3.05, 3.63) is 47.7 Å². The molecule has 0 aromatic heterocycles. The summed E-state index contributed by atoms with van der Waals surface area (Å²) in [6, 6.07) is 7.02. The zero-order valence-corrected chi connectivity index (χ0v) is 10.8. The van der Waals surface area contributed by atoms with Gasteiger partial charge in [0.25, 0.3) is 0 Å². The maximum Gasteiger partial charge on any atom is 0.335 e. The minimum atomic E-state index is -0.895. The lowest BCUT2D eigenvalue weighted by atomic mass is 10.1. The van der Waals surface area contributed by atoms with E-state index < -0.39 is 5.97 Å². The number of nitrogens with one attached hydrogen (secondary N) is 1. The van der Waals surface area contributed by atoms with E-state index in [1.807, 2.05) is 36.5 Å². The van der Waals surface area contributed by atoms with Crippen LogP contribution in [-0.4, -0.2) is 37.4 Å². The number of hydrogen-bond acceptors (Lipinski definition) is 4. The summed E-state index contributed by atoms with van der Waals surface area (Å²) >= 11 is 0. The molecule has 0 radical (unpaired) electrons. The fourth-order valence-corrected chi connectivity index (χ4v) is 1.54. The molecule has 0 spiro atoms. The highest BCUT2D eigenvalue weighted by Gasteiger charge is 2.14. The van der Waals surface area contributed by atoms with Crippen LogP contribution in [0.15, 0.2) is 36.5 Å². The minimum Gasteiger partial charge on any atom is -0.478 e. The van der Waals surface area contributed by atoms with E-state index in [4.69, 9.17) is 5.11 Å². The topological polar surface area (TPSA) is 61.8 Å². The molecule has 0 aliphatic carbocycles. The second kappa shape index (κ2) is 6.78. The van der Waals surface area contributed by atoms with E-state index in [0.717, 1.165) is 5.56 Å². The molecule has 1 unspecified atom stereocenters. The third-order valence-corrected chi connectivity index (χ3v) is 2.36. The van der Waals surface area contributed by atoms with E-state index in [1.54, 1.807) is 26.4 Å². The zero-order valence-electron chi connectivity index (χ0n) is 10.8. The summed E-state index contributed by atoms with van der Waals surface area (Å²) in [6.45, 7) is 0. The van der Waals surface area contributed by atoms with Gasteiger partial charge in [0.2, 0.25) is 0 Å². The van der Waals surface area contributed by atoms with Crippen LogP contribution < -0.4 is 5.43 Å². The standard InChI is InChI=1S/C11H12N2O2.C2H6O/c1-13-7-6-10(12-13)8-2-4-9(5-3-8)11(14)15;1-3-2/h2-7,10,12H,1H3,(H,14,15);1-2H3. The second-order valence-corrected chi connectivity index (χ2v) is 3.89. The largest absolute Gasteiger partial charge is 0.478 e. The molecule has 5 heteroatoms. The van der Waals surface area contributed by atoms with Crippen molar-refractivity contribution in [3.8, 4) is 0 Å². The van der Waals surface area contributed by atoms with Gasteiger partial charge in [0, 0.05) is 27.5 Å². The maximum atomic E-state index is 10.6. The molecule has 0 saturated carbocycles. The van der Waals surface area contributed by atoms with E-state index in [9.17, 15) is 4.79 Å². The molecule has 1 aromatic carbocycles. The van der Waals surface area contributed by atoms with Crippen molar-refractivity contribution >= 4 is 5.97 Å². The lowest BCUT2D eigenvalue weighted by molar-refractivity contribution is 0.0697. The van der Waals surface area contributed by atoms with Gasteiger partial charge in [-0.3, -0.25) is 0 Å². The average molecular weight is 250 g/mol. The molecular weight excluding hydrogens is 232 g/mol. The van der Waals surface area contributed by atoms with Crippen molar-refractivity contribution in [1.82, 2.24) is 10.4 Å². The number of carboxylic acids is 1. The average Bonchev–Trinajstić information content (AvgIpc) is 2.77. The zero-order chi connectivity index (χ0) is 13.5. The smallest absolute Gasteiger partial charge is 0.335 e. The molecule has 0 saturated heterocycles. The number of nitrogens with zero attached hydrogens (tertiary/aromatic N) is 1. The predicted molar refractivity (Wildman–Crippen MR) is 69.1 cm³/mol. The van der Waals surface area contributed by atoms with Crippen LogP contribution in [0.4, 0.5) is 0 Å². The van der Waals surface area contributed by atoms with Crippen molar-refractivity contribution in [1.29, 1.82) is 0 Å². The molecule has 0 amide bonds. The van der Waals surface area contributed by atoms with Gasteiger partial charge in [0.15, 0.2) is 0 Å². The normalized spacial score (nSPS) is 17.3. The quantitative estimate of drug-likeness (QED) is 0.835. The first-order chi connectivity index (χ1) is 8.58. The van der Waals surface area contributed by atoms with Gasteiger partial charge in [0.1, 0.15) is 0 Å². The third kappa shape index (κ3) is 3.87. The molecule has 0 bridgehead atoms. The molecule has 5 nitrogen and oxygen atoms in total. The number of rotatable bonds is 2. The second-order valence-electron chi connectivity index (χ2n) is 3.89. The van der Waals surface area contributed by atoms with Crippen LogP contribution in [0.3, 0.4) is 0 Å². The third-order valence-electron chi connectivity index (χ3n) is 2.36. The number of methoxy groups -OCH3 is 1. The van der Waals surface area contributed by atoms with Crippen LogP contribution in [0, 0.1) is 0 Å². The van der Waals surface area contributed by atoms with Gasteiger partial charge in [-0.1, -0.05) is 12.1 Å². The molecule has 1 atom stereocenters. The van der Waals surface area contributed by atoms with Crippen LogP contribution >= 0.6 is 0 Å². The summed E-state index contributed by atoms with van der Waals surface area (Å²) in [5.41, 5.74) is 4.56. The number of carbonyl (C=O) groups is 1. The van der Waals surface area contributed by atoms with Crippen LogP contribution in [-0.2, 0) is 4.74 Å². The van der Waals surface area contributed by atoms with Gasteiger partial charge in [-0.2, -0.15) is 0 Å². The van der Waals surface area contributed by atoms with E-state index in [1.165, 1.54) is 0 Å². The number of benzene rings is 1. The van der Waals surface area contributed by atoms with Gasteiger partial charge in [0.05, 0.1) is 11.6 Å². The summed E-state index contributed by atoms with van der Waals surface area (Å²) < 4.78 is 4.25. The Morgan fingerprint density at radius 1 is 1.33 bits per heavy atom. The van der Waals surface area contributed by atoms with Crippen molar-refractivity contribution in [2.75, 3.05) is 21.3 Å². The Morgan fingerprint density at radius 3 is 2.28 bits per heavy atom. The van der Waals surface area contributed by atoms with E-state index in [0.29, 0.717) is 5.56 Å². The van der Waals surface area contributed by atoms with Gasteiger partial charge in [-0.25, -0.2) is 10.2 Å². The molecule has 98 valence electrons. The Kier molecular flexibility index (Phi) is 5.35. The Bertz CT molecular complexity index is 415. The monoisotopic (exact) mass is 250 g/mol. The highest BCUT2D eigenvalue weighted by atomic mass is 16.4. The molecular formula is C13H18N2O3. The van der Waals surface area contributed by atoms with Gasteiger partial charge in [-0.05, 0) is 23.8 Å². The predicted octanol–water partition coefficient (Wildman–Crippen LogP) is 1.65. The summed E-state index contributed by atoms with van der Waals surface area (Å²) in [6.07, 6.45) is 3.96. The Morgan fingerprint density at radius 2 is 1.89 bits per heavy atom. The molecule has 1 aliphatic heterocycles. The van der Waals surface area contributed by atoms with Crippen molar-refractivity contribution in [3.63, 3.8) is 0 Å². The Labute approximate surface area is 107 Å². The van der Waals surface area contributed by atoms with E-state index in [-0.39, 0.29) is 6.04 Å². The molecule has 1 aliphatic rings. The van der Waals surface area contributed by atoms with Gasteiger partial charge < -0.3 is 14.9 Å². The summed E-state index contributed by atoms with van der Waals surface area (Å²) in [7, 11) is 5.17. The molecule has 2 rings (SSSR count). The fourth-order valence-electron chi connectivity index (χ4n) is 1.54. The number of hydrogen-bond donors (Lipinski definition) is 2. The van der Waals surface area contributed by atoms with Crippen molar-refractivity contribution < 1.29 is 14.6 Å². The molecule has 1 aromatic rings. The van der Waals surface area contributed by atoms with E-state index >= 15 is 0 Å². The first kappa shape index (κ1) is 14.2. The Hall–Kier alpha value is -1.85. The lowest BCUT2D eigenvalue weighted by Gasteiger charge is -2.14. The maximum absolute atomic E-state index is 10.6. The first-order valence-corrected chi connectivity index (χ1v) is 5.49. The lowest BCUT2D eigenvalue weighted by Crippen LogP contribution is -2.26. The number of hydrazine groups is 1. The fraction of sp³-hybridized carbons (Fsp3) is 0.308. The molecule has 1 heterocycles. The summed E-state index contributed by atoms with van der Waals surface area (Å²) in [5, 5.41) is 10.6. The number of carboxylic acid groups (broad SMARTS) is 1. The van der Waals surface area contributed by atoms with Gasteiger partial charge in [-0.15, -0.1) is 0 Å². The molecule has 2 N–H and O–H groups in total. The molecule has 18 heavy (non-hydrogen) atoms. The molecule has 0 fully saturated rings. The van der Waals surface area contributed by atoms with Gasteiger partial charge >= 0.3 is 5.97 Å². The minimum absolute atomic E-state index is 0.137. The highest BCUT2D eigenvalue weighted by Crippen LogP contribution is 2.19. The Balaban J connectivity index is 0.000000492. The van der Waals surface area contributed by atoms with Crippen LogP contribution in [0.25, 0.3) is 0 Å². The first-order valence-electron chi connectivity index (χ1n) is 5.49. The van der Waals surface area contributed by atoms with Crippen molar-refractivity contribution in [2.24, 2.45) is 0 Å². The summed E-state index contributed by atoms with van der Waals surface area (Å²) in [4.78, 5) is 10.6. The van der Waals surface area contributed by atoms with Crippen LogP contribution in [0.5, 0.6) is 0 Å². The number of ether oxygens (including phenoxy) is 1. The van der Waals surface area contributed by atoms with Crippen molar-refractivity contribution in [2.45, 2.75) is 6.04 Å². The van der Waals surface area contributed by atoms with Crippen LogP contribution in [0.2, 0.25) is 0 Å². The van der Waals surface area contributed by atoms with E-state index in [2.05, 4.69) is 10.2 Å².